The zero-order valence-electron chi connectivity index (χ0n) is 20.6. The van der Waals surface area contributed by atoms with E-state index in [1.165, 1.54) is 12.0 Å². The van der Waals surface area contributed by atoms with Crippen LogP contribution in [0.3, 0.4) is 0 Å². The SMILES string of the molecule is CCCOc1ccc(/C(O)=C2\C(=O)C(=O)N(c3ccc4c(c3)OCCO4)C2c2ccccc2OC)cc1. The number of benzene rings is 3. The van der Waals surface area contributed by atoms with Gasteiger partial charge in [-0.25, -0.2) is 0 Å². The molecule has 8 heteroatoms. The van der Waals surface area contributed by atoms with Crippen LogP contribution in [0.4, 0.5) is 5.69 Å². The third-order valence-electron chi connectivity index (χ3n) is 6.28. The molecule has 0 saturated carbocycles. The van der Waals surface area contributed by atoms with Gasteiger partial charge in [0, 0.05) is 22.9 Å². The van der Waals surface area contributed by atoms with Gasteiger partial charge in [0.15, 0.2) is 11.5 Å². The van der Waals surface area contributed by atoms with E-state index < -0.39 is 17.7 Å². The number of carbonyl (C=O) groups is 2. The number of nitrogens with zero attached hydrogens (tertiary/aromatic N) is 1. The Kier molecular flexibility index (Phi) is 6.72. The van der Waals surface area contributed by atoms with Gasteiger partial charge in [-0.3, -0.25) is 14.5 Å². The number of aliphatic hydroxyl groups is 1. The Bertz CT molecular complexity index is 1360. The van der Waals surface area contributed by atoms with E-state index in [-0.39, 0.29) is 11.3 Å². The third kappa shape index (κ3) is 4.46. The lowest BCUT2D eigenvalue weighted by Crippen LogP contribution is -2.30. The molecule has 0 bridgehead atoms. The topological polar surface area (TPSA) is 94.5 Å². The van der Waals surface area contributed by atoms with Gasteiger partial charge in [0.25, 0.3) is 11.7 Å². The smallest absolute Gasteiger partial charge is 0.300 e. The minimum absolute atomic E-state index is 0.0355. The highest BCUT2D eigenvalue weighted by molar-refractivity contribution is 6.51. The fourth-order valence-electron chi connectivity index (χ4n) is 4.55. The normalized spacial score (nSPS) is 18.1. The summed E-state index contributed by atoms with van der Waals surface area (Å²) in [4.78, 5) is 28.3. The van der Waals surface area contributed by atoms with Gasteiger partial charge >= 0.3 is 0 Å². The summed E-state index contributed by atoms with van der Waals surface area (Å²) in [5, 5.41) is 11.4. The van der Waals surface area contributed by atoms with Crippen molar-refractivity contribution in [2.45, 2.75) is 19.4 Å². The Balaban J connectivity index is 1.65. The molecule has 0 aliphatic carbocycles. The second-order valence-corrected chi connectivity index (χ2v) is 8.61. The van der Waals surface area contributed by atoms with Crippen LogP contribution in [-0.4, -0.2) is 43.7 Å². The highest BCUT2D eigenvalue weighted by Gasteiger charge is 2.48. The zero-order valence-corrected chi connectivity index (χ0v) is 20.6. The molecule has 1 amide bonds. The Morgan fingerprint density at radius 3 is 2.46 bits per heavy atom. The number of aliphatic hydroxyl groups excluding tert-OH is 1. The number of ketones is 1. The van der Waals surface area contributed by atoms with Crippen LogP contribution in [0.5, 0.6) is 23.0 Å². The summed E-state index contributed by atoms with van der Waals surface area (Å²) in [7, 11) is 1.52. The number of anilines is 1. The minimum Gasteiger partial charge on any atom is -0.507 e. The highest BCUT2D eigenvalue weighted by atomic mass is 16.6. The maximum absolute atomic E-state index is 13.5. The largest absolute Gasteiger partial charge is 0.507 e. The summed E-state index contributed by atoms with van der Waals surface area (Å²) >= 11 is 0. The number of carbonyl (C=O) groups excluding carboxylic acids is 2. The molecule has 8 nitrogen and oxygen atoms in total. The molecule has 2 aliphatic rings. The number of hydrogen-bond acceptors (Lipinski definition) is 7. The van der Waals surface area contributed by atoms with Crippen molar-refractivity contribution in [1.29, 1.82) is 0 Å². The number of ether oxygens (including phenoxy) is 4. The van der Waals surface area contributed by atoms with Gasteiger partial charge in [-0.15, -0.1) is 0 Å². The van der Waals surface area contributed by atoms with Gasteiger partial charge in [-0.05, 0) is 48.9 Å². The number of hydrogen-bond donors (Lipinski definition) is 1. The Morgan fingerprint density at radius 2 is 1.73 bits per heavy atom. The Hall–Kier alpha value is -4.46. The molecule has 0 spiro atoms. The van der Waals surface area contributed by atoms with E-state index >= 15 is 0 Å². The molecule has 190 valence electrons. The van der Waals surface area contributed by atoms with Crippen molar-refractivity contribution in [3.63, 3.8) is 0 Å². The molecule has 3 aromatic rings. The molecule has 1 saturated heterocycles. The molecule has 1 unspecified atom stereocenters. The maximum Gasteiger partial charge on any atom is 0.300 e. The lowest BCUT2D eigenvalue weighted by molar-refractivity contribution is -0.132. The summed E-state index contributed by atoms with van der Waals surface area (Å²) in [5.74, 6) is 0.323. The predicted octanol–water partition coefficient (Wildman–Crippen LogP) is 4.88. The molecule has 0 aromatic heterocycles. The van der Waals surface area contributed by atoms with Crippen LogP contribution in [0.1, 0.15) is 30.5 Å². The van der Waals surface area contributed by atoms with Gasteiger partial charge in [0.2, 0.25) is 0 Å². The minimum atomic E-state index is -0.935. The molecule has 1 N–H and O–H groups in total. The summed E-state index contributed by atoms with van der Waals surface area (Å²) < 4.78 is 22.5. The van der Waals surface area contributed by atoms with E-state index in [0.29, 0.717) is 59.6 Å². The molecule has 2 heterocycles. The van der Waals surface area contributed by atoms with Gasteiger partial charge in [0.05, 0.1) is 25.3 Å². The van der Waals surface area contributed by atoms with Gasteiger partial charge in [-0.2, -0.15) is 0 Å². The lowest BCUT2D eigenvalue weighted by Gasteiger charge is -2.28. The van der Waals surface area contributed by atoms with Crippen LogP contribution in [0, 0.1) is 0 Å². The van der Waals surface area contributed by atoms with Crippen LogP contribution < -0.4 is 23.8 Å². The van der Waals surface area contributed by atoms with Gasteiger partial charge in [0.1, 0.15) is 30.5 Å². The van der Waals surface area contributed by atoms with Crippen LogP contribution in [0.15, 0.2) is 72.3 Å². The molecule has 1 atom stereocenters. The number of fused-ring (bicyclic) bond motifs is 1. The molecule has 0 radical (unpaired) electrons. The second-order valence-electron chi connectivity index (χ2n) is 8.61. The lowest BCUT2D eigenvalue weighted by atomic mass is 9.94. The summed E-state index contributed by atoms with van der Waals surface area (Å²) in [6, 6.07) is 18.0. The average molecular weight is 502 g/mol. The predicted molar refractivity (Wildman–Crippen MR) is 137 cm³/mol. The Labute approximate surface area is 214 Å². The first kappa shape index (κ1) is 24.2. The molecular formula is C29H27NO7. The van der Waals surface area contributed by atoms with Crippen molar-refractivity contribution >= 4 is 23.1 Å². The average Bonchev–Trinajstić information content (AvgIpc) is 3.21. The van der Waals surface area contributed by atoms with E-state index in [9.17, 15) is 14.7 Å². The maximum atomic E-state index is 13.5. The van der Waals surface area contributed by atoms with Crippen molar-refractivity contribution in [2.75, 3.05) is 31.8 Å². The van der Waals surface area contributed by atoms with E-state index in [1.807, 2.05) is 6.92 Å². The molecular weight excluding hydrogens is 474 g/mol. The Morgan fingerprint density at radius 1 is 1.00 bits per heavy atom. The fourth-order valence-corrected chi connectivity index (χ4v) is 4.55. The monoisotopic (exact) mass is 501 g/mol. The van der Waals surface area contributed by atoms with Crippen LogP contribution >= 0.6 is 0 Å². The summed E-state index contributed by atoms with van der Waals surface area (Å²) in [6.07, 6.45) is 0.865. The number of methoxy groups -OCH3 is 1. The number of amides is 1. The number of rotatable bonds is 7. The second kappa shape index (κ2) is 10.3. The van der Waals surface area contributed by atoms with E-state index in [1.54, 1.807) is 66.7 Å². The number of para-hydroxylation sites is 1. The van der Waals surface area contributed by atoms with Crippen molar-refractivity contribution in [1.82, 2.24) is 0 Å². The third-order valence-corrected chi connectivity index (χ3v) is 6.28. The molecule has 37 heavy (non-hydrogen) atoms. The summed E-state index contributed by atoms with van der Waals surface area (Å²) in [6.45, 7) is 3.39. The molecule has 2 aliphatic heterocycles. The van der Waals surface area contributed by atoms with Crippen LogP contribution in [-0.2, 0) is 9.59 Å². The van der Waals surface area contributed by atoms with Crippen molar-refractivity contribution < 1.29 is 33.6 Å². The first-order valence-electron chi connectivity index (χ1n) is 12.1. The van der Waals surface area contributed by atoms with Gasteiger partial charge < -0.3 is 24.1 Å². The van der Waals surface area contributed by atoms with Crippen molar-refractivity contribution in [2.24, 2.45) is 0 Å². The first-order valence-corrected chi connectivity index (χ1v) is 12.1. The zero-order chi connectivity index (χ0) is 25.9. The molecule has 3 aromatic carbocycles. The standard InChI is InChI=1S/C29H27NO7/c1-3-14-35-20-11-8-18(9-12-20)27(31)25-26(21-6-4-5-7-22(21)34-2)30(29(33)28(25)32)19-10-13-23-24(17-19)37-16-15-36-23/h4-13,17,26,31H,3,14-16H2,1-2H3/b27-25+. The van der Waals surface area contributed by atoms with Crippen LogP contribution in [0.2, 0.25) is 0 Å². The van der Waals surface area contributed by atoms with E-state index in [4.69, 9.17) is 18.9 Å². The van der Waals surface area contributed by atoms with E-state index in [0.717, 1.165) is 6.42 Å². The highest BCUT2D eigenvalue weighted by Crippen LogP contribution is 2.46. The van der Waals surface area contributed by atoms with Crippen molar-refractivity contribution in [3.8, 4) is 23.0 Å². The van der Waals surface area contributed by atoms with E-state index in [2.05, 4.69) is 0 Å². The fraction of sp³-hybridized carbons (Fsp3) is 0.241. The quantitative estimate of drug-likeness (QED) is 0.280. The number of Topliss-reactive ketones (excluding diaryl/α,β-unsaturated/α-hetero) is 1. The van der Waals surface area contributed by atoms with Crippen LogP contribution in [0.25, 0.3) is 5.76 Å². The van der Waals surface area contributed by atoms with Gasteiger partial charge in [-0.1, -0.05) is 25.1 Å². The molecule has 1 fully saturated rings. The molecule has 5 rings (SSSR count). The first-order chi connectivity index (χ1) is 18.0. The van der Waals surface area contributed by atoms with Crippen molar-refractivity contribution in [3.05, 3.63) is 83.4 Å². The summed E-state index contributed by atoms with van der Waals surface area (Å²) in [5.41, 5.74) is 1.35.